The molecule has 1 aromatic carbocycles. The second-order valence-electron chi connectivity index (χ2n) is 3.87. The topological polar surface area (TPSA) is 43.4 Å². The van der Waals surface area contributed by atoms with Gasteiger partial charge in [0.25, 0.3) is 0 Å². The van der Waals surface area contributed by atoms with Crippen LogP contribution in [0.3, 0.4) is 0 Å². The summed E-state index contributed by atoms with van der Waals surface area (Å²) in [6.45, 7) is 0.507. The average Bonchev–Trinajstić information content (AvgIpc) is 2.37. The van der Waals surface area contributed by atoms with Crippen LogP contribution in [0.1, 0.15) is 23.2 Å². The molecule has 0 aliphatic rings. The third kappa shape index (κ3) is 5.89. The lowest BCUT2D eigenvalue weighted by Gasteiger charge is -2.02. The third-order valence-corrected chi connectivity index (χ3v) is 4.35. The van der Waals surface area contributed by atoms with Crippen molar-refractivity contribution in [3.8, 4) is 0 Å². The summed E-state index contributed by atoms with van der Waals surface area (Å²) in [5.41, 5.74) is 0.709. The Morgan fingerprint density at radius 2 is 1.94 bits per heavy atom. The SMILES string of the molecule is COCCS(=O)CCCC(=O)c1ccc(Br)cc1. The van der Waals surface area contributed by atoms with Crippen molar-refractivity contribution in [3.63, 3.8) is 0 Å². The van der Waals surface area contributed by atoms with Crippen molar-refractivity contribution in [2.24, 2.45) is 0 Å². The highest BCUT2D eigenvalue weighted by Crippen LogP contribution is 2.12. The molecule has 18 heavy (non-hydrogen) atoms. The van der Waals surface area contributed by atoms with Gasteiger partial charge in [-0.05, 0) is 18.6 Å². The number of hydrogen-bond acceptors (Lipinski definition) is 3. The van der Waals surface area contributed by atoms with E-state index in [9.17, 15) is 9.00 Å². The summed E-state index contributed by atoms with van der Waals surface area (Å²) in [7, 11) is 0.710. The molecule has 1 atom stereocenters. The molecule has 0 spiro atoms. The number of carbonyl (C=O) groups excluding carboxylic acids is 1. The summed E-state index contributed by atoms with van der Waals surface area (Å²) >= 11 is 3.33. The first-order valence-electron chi connectivity index (χ1n) is 5.76. The Bertz CT molecular complexity index is 403. The standard InChI is InChI=1S/C13H17BrO3S/c1-17-8-10-18(16)9-2-3-13(15)11-4-6-12(14)7-5-11/h4-7H,2-3,8-10H2,1H3. The van der Waals surface area contributed by atoms with E-state index in [1.165, 1.54) is 0 Å². The van der Waals surface area contributed by atoms with Crippen LogP contribution >= 0.6 is 15.9 Å². The van der Waals surface area contributed by atoms with Gasteiger partial charge < -0.3 is 4.74 Å². The normalized spacial score (nSPS) is 12.3. The number of carbonyl (C=O) groups is 1. The molecule has 0 aliphatic heterocycles. The van der Waals surface area contributed by atoms with Gasteiger partial charge in [-0.3, -0.25) is 9.00 Å². The summed E-state index contributed by atoms with van der Waals surface area (Å²) in [6.07, 6.45) is 1.10. The average molecular weight is 333 g/mol. The Labute approximate surface area is 119 Å². The molecule has 0 saturated carbocycles. The van der Waals surface area contributed by atoms with Gasteiger partial charge in [-0.2, -0.15) is 0 Å². The maximum absolute atomic E-state index is 11.8. The van der Waals surface area contributed by atoms with Crippen LogP contribution in [0.4, 0.5) is 0 Å². The number of rotatable bonds is 8. The molecule has 0 aromatic heterocycles. The monoisotopic (exact) mass is 332 g/mol. The maximum Gasteiger partial charge on any atom is 0.162 e. The van der Waals surface area contributed by atoms with E-state index in [1.54, 1.807) is 19.2 Å². The predicted molar refractivity (Wildman–Crippen MR) is 77.5 cm³/mol. The summed E-state index contributed by atoms with van der Waals surface area (Å²) < 4.78 is 17.3. The molecule has 3 nitrogen and oxygen atoms in total. The Morgan fingerprint density at radius 1 is 1.28 bits per heavy atom. The Kier molecular flexibility index (Phi) is 7.39. The first kappa shape index (κ1) is 15.5. The molecule has 1 rings (SSSR count). The number of methoxy groups -OCH3 is 1. The van der Waals surface area contributed by atoms with Gasteiger partial charge >= 0.3 is 0 Å². The number of ether oxygens (including phenoxy) is 1. The van der Waals surface area contributed by atoms with Gasteiger partial charge in [0, 0.05) is 45.9 Å². The molecule has 0 radical (unpaired) electrons. The van der Waals surface area contributed by atoms with Gasteiger partial charge in [0.15, 0.2) is 5.78 Å². The number of ketones is 1. The first-order valence-corrected chi connectivity index (χ1v) is 8.04. The fourth-order valence-electron chi connectivity index (χ4n) is 1.45. The lowest BCUT2D eigenvalue weighted by atomic mass is 10.1. The van der Waals surface area contributed by atoms with Gasteiger partial charge in [0.2, 0.25) is 0 Å². The van der Waals surface area contributed by atoms with Crippen LogP contribution in [0.25, 0.3) is 0 Å². The molecule has 0 fully saturated rings. The minimum absolute atomic E-state index is 0.103. The fourth-order valence-corrected chi connectivity index (χ4v) is 2.74. The van der Waals surface area contributed by atoms with E-state index in [1.807, 2.05) is 12.1 Å². The van der Waals surface area contributed by atoms with Gasteiger partial charge in [0.1, 0.15) is 0 Å². The van der Waals surface area contributed by atoms with Gasteiger partial charge in [-0.25, -0.2) is 0 Å². The van der Waals surface area contributed by atoms with Crippen molar-refractivity contribution in [1.29, 1.82) is 0 Å². The van der Waals surface area contributed by atoms with E-state index in [4.69, 9.17) is 4.74 Å². The lowest BCUT2D eigenvalue weighted by Crippen LogP contribution is -2.09. The molecular weight excluding hydrogens is 316 g/mol. The molecule has 0 N–H and O–H groups in total. The Hall–Kier alpha value is -0.520. The highest BCUT2D eigenvalue weighted by atomic mass is 79.9. The number of hydrogen-bond donors (Lipinski definition) is 0. The van der Waals surface area contributed by atoms with Crippen LogP contribution in [0.15, 0.2) is 28.7 Å². The second kappa shape index (κ2) is 8.56. The first-order chi connectivity index (χ1) is 8.63. The molecule has 0 amide bonds. The molecule has 1 aromatic rings. The minimum Gasteiger partial charge on any atom is -0.384 e. The summed E-state index contributed by atoms with van der Waals surface area (Å²) in [4.78, 5) is 11.8. The molecule has 0 aliphatic carbocycles. The van der Waals surface area contributed by atoms with Gasteiger partial charge in [-0.1, -0.05) is 28.1 Å². The zero-order valence-corrected chi connectivity index (χ0v) is 12.8. The van der Waals surface area contributed by atoms with Gasteiger partial charge in [-0.15, -0.1) is 0 Å². The van der Waals surface area contributed by atoms with Crippen molar-refractivity contribution in [2.45, 2.75) is 12.8 Å². The number of halogens is 1. The molecule has 0 heterocycles. The summed E-state index contributed by atoms with van der Waals surface area (Å²) in [5.74, 6) is 1.21. The zero-order valence-electron chi connectivity index (χ0n) is 10.4. The van der Waals surface area contributed by atoms with Crippen molar-refractivity contribution >= 4 is 32.5 Å². The van der Waals surface area contributed by atoms with Crippen LogP contribution in [-0.4, -0.2) is 35.2 Å². The van der Waals surface area contributed by atoms with E-state index < -0.39 is 10.8 Å². The van der Waals surface area contributed by atoms with Crippen molar-refractivity contribution in [1.82, 2.24) is 0 Å². The van der Waals surface area contributed by atoms with Gasteiger partial charge in [0.05, 0.1) is 6.61 Å². The summed E-state index contributed by atoms with van der Waals surface area (Å²) in [6, 6.07) is 7.30. The van der Waals surface area contributed by atoms with E-state index in [-0.39, 0.29) is 5.78 Å². The Morgan fingerprint density at radius 3 is 2.56 bits per heavy atom. The van der Waals surface area contributed by atoms with E-state index in [0.29, 0.717) is 36.5 Å². The second-order valence-corrected chi connectivity index (χ2v) is 6.49. The predicted octanol–water partition coefficient (Wildman–Crippen LogP) is 2.81. The quantitative estimate of drug-likeness (QED) is 0.687. The molecule has 0 bridgehead atoms. The third-order valence-electron chi connectivity index (χ3n) is 2.46. The molecule has 1 unspecified atom stereocenters. The van der Waals surface area contributed by atoms with Crippen LogP contribution in [0, 0.1) is 0 Å². The fraction of sp³-hybridized carbons (Fsp3) is 0.462. The molecule has 0 saturated heterocycles. The van der Waals surface area contributed by atoms with Crippen LogP contribution in [-0.2, 0) is 15.5 Å². The largest absolute Gasteiger partial charge is 0.384 e. The Balaban J connectivity index is 2.29. The maximum atomic E-state index is 11.8. The van der Waals surface area contributed by atoms with Crippen LogP contribution in [0.2, 0.25) is 0 Å². The molecule has 100 valence electrons. The highest BCUT2D eigenvalue weighted by Gasteiger charge is 2.07. The van der Waals surface area contributed by atoms with E-state index in [0.717, 1.165) is 4.47 Å². The number of Topliss-reactive ketones (excluding diaryl/α,β-unsaturated/α-hetero) is 1. The van der Waals surface area contributed by atoms with Crippen LogP contribution in [0.5, 0.6) is 0 Å². The van der Waals surface area contributed by atoms with Crippen molar-refractivity contribution in [2.75, 3.05) is 25.2 Å². The smallest absolute Gasteiger partial charge is 0.162 e. The van der Waals surface area contributed by atoms with Crippen molar-refractivity contribution in [3.05, 3.63) is 34.3 Å². The van der Waals surface area contributed by atoms with E-state index in [2.05, 4.69) is 15.9 Å². The number of benzene rings is 1. The zero-order chi connectivity index (χ0) is 13.4. The van der Waals surface area contributed by atoms with Crippen LogP contribution < -0.4 is 0 Å². The summed E-state index contributed by atoms with van der Waals surface area (Å²) in [5, 5.41) is 0. The highest BCUT2D eigenvalue weighted by molar-refractivity contribution is 9.10. The molecule has 5 heteroatoms. The minimum atomic E-state index is -0.881. The van der Waals surface area contributed by atoms with Crippen molar-refractivity contribution < 1.29 is 13.7 Å². The lowest BCUT2D eigenvalue weighted by molar-refractivity contribution is 0.0982. The molecular formula is C13H17BrO3S. The van der Waals surface area contributed by atoms with E-state index >= 15 is 0 Å².